The van der Waals surface area contributed by atoms with Crippen molar-refractivity contribution >= 4 is 28.6 Å². The first kappa shape index (κ1) is 17.7. The fraction of sp³-hybridized carbons (Fsp3) is 0.591. The van der Waals surface area contributed by atoms with Crippen LogP contribution in [0, 0.1) is 17.8 Å². The standard InChI is InChI=1S/C22H28N4O2/c1-3-28-20(27)11-18-15-10-16(18)13-25(12-15)21-17-6-4-5-7-19(17)23-22(24-21)26-9-8-14(26)2/h4-7,14-16,18H,3,8-13H2,1-2H3. The van der Waals surface area contributed by atoms with Gasteiger partial charge in [-0.25, -0.2) is 4.98 Å². The lowest BCUT2D eigenvalue weighted by atomic mass is 9.60. The Balaban J connectivity index is 1.40. The van der Waals surface area contributed by atoms with Crippen LogP contribution in [0.5, 0.6) is 0 Å². The number of fused-ring (bicyclic) bond motifs is 3. The monoisotopic (exact) mass is 380 g/mol. The van der Waals surface area contributed by atoms with Crippen LogP contribution in [0.25, 0.3) is 10.9 Å². The molecule has 148 valence electrons. The van der Waals surface area contributed by atoms with Crippen molar-refractivity contribution in [2.24, 2.45) is 17.8 Å². The lowest BCUT2D eigenvalue weighted by Gasteiger charge is -2.54. The Hall–Kier alpha value is -2.37. The second-order valence-corrected chi connectivity index (χ2v) is 8.53. The molecule has 4 aliphatic rings. The van der Waals surface area contributed by atoms with Gasteiger partial charge < -0.3 is 14.5 Å². The smallest absolute Gasteiger partial charge is 0.306 e. The van der Waals surface area contributed by atoms with E-state index < -0.39 is 0 Å². The van der Waals surface area contributed by atoms with Gasteiger partial charge in [0.25, 0.3) is 0 Å². The molecular weight excluding hydrogens is 352 g/mol. The molecule has 1 aliphatic carbocycles. The highest BCUT2D eigenvalue weighted by Gasteiger charge is 2.48. The first-order chi connectivity index (χ1) is 13.6. The number of piperidine rings is 2. The Morgan fingerprint density at radius 2 is 2.00 bits per heavy atom. The maximum atomic E-state index is 11.9. The van der Waals surface area contributed by atoms with E-state index >= 15 is 0 Å². The molecule has 3 aliphatic heterocycles. The molecule has 0 amide bonds. The molecule has 28 heavy (non-hydrogen) atoms. The van der Waals surface area contributed by atoms with E-state index in [9.17, 15) is 4.79 Å². The maximum Gasteiger partial charge on any atom is 0.306 e. The van der Waals surface area contributed by atoms with E-state index in [1.165, 1.54) is 12.8 Å². The first-order valence-corrected chi connectivity index (χ1v) is 10.6. The van der Waals surface area contributed by atoms with Gasteiger partial charge >= 0.3 is 5.97 Å². The highest BCUT2D eigenvalue weighted by Crippen LogP contribution is 2.49. The maximum absolute atomic E-state index is 11.9. The second kappa shape index (κ2) is 6.90. The van der Waals surface area contributed by atoms with Gasteiger partial charge in [0.05, 0.1) is 12.1 Å². The zero-order valence-corrected chi connectivity index (χ0v) is 16.7. The quantitative estimate of drug-likeness (QED) is 0.742. The van der Waals surface area contributed by atoms with Gasteiger partial charge in [-0.05, 0) is 56.6 Å². The first-order valence-electron chi connectivity index (χ1n) is 10.6. The molecule has 4 fully saturated rings. The molecule has 6 heteroatoms. The van der Waals surface area contributed by atoms with Gasteiger partial charge in [-0.3, -0.25) is 4.79 Å². The SMILES string of the molecule is CCOC(=O)CC1C2CC1CN(c1nc(N3CCC3C)nc3ccccc13)C2. The Morgan fingerprint density at radius 1 is 1.21 bits per heavy atom. The van der Waals surface area contributed by atoms with E-state index in [0.717, 1.165) is 42.3 Å². The summed E-state index contributed by atoms with van der Waals surface area (Å²) < 4.78 is 5.17. The van der Waals surface area contributed by atoms with Gasteiger partial charge in [0.1, 0.15) is 5.82 Å². The van der Waals surface area contributed by atoms with E-state index in [-0.39, 0.29) is 5.97 Å². The Bertz CT molecular complexity index is 889. The predicted molar refractivity (Wildman–Crippen MR) is 110 cm³/mol. The minimum atomic E-state index is -0.0443. The third kappa shape index (κ3) is 2.90. The lowest BCUT2D eigenvalue weighted by molar-refractivity contribution is -0.147. The highest BCUT2D eigenvalue weighted by atomic mass is 16.5. The summed E-state index contributed by atoms with van der Waals surface area (Å²) >= 11 is 0. The lowest BCUT2D eigenvalue weighted by Crippen LogP contribution is -2.56. The molecular formula is C22H28N4O2. The van der Waals surface area contributed by atoms with Crippen LogP contribution in [0.3, 0.4) is 0 Å². The van der Waals surface area contributed by atoms with E-state index in [4.69, 9.17) is 14.7 Å². The number of hydrogen-bond acceptors (Lipinski definition) is 6. The van der Waals surface area contributed by atoms with E-state index in [1.54, 1.807) is 0 Å². The molecule has 2 aromatic rings. The van der Waals surface area contributed by atoms with Crippen molar-refractivity contribution in [3.8, 4) is 0 Å². The number of carbonyl (C=O) groups excluding carboxylic acids is 1. The van der Waals surface area contributed by atoms with Crippen LogP contribution in [-0.2, 0) is 9.53 Å². The fourth-order valence-electron chi connectivity index (χ4n) is 5.14. The number of rotatable bonds is 5. The summed E-state index contributed by atoms with van der Waals surface area (Å²) in [6.45, 7) is 7.55. The van der Waals surface area contributed by atoms with Gasteiger partial charge in [0.2, 0.25) is 5.95 Å². The molecule has 1 aromatic carbocycles. The number of aromatic nitrogens is 2. The van der Waals surface area contributed by atoms with Crippen molar-refractivity contribution in [3.63, 3.8) is 0 Å². The summed E-state index contributed by atoms with van der Waals surface area (Å²) in [6, 6.07) is 8.84. The third-order valence-electron chi connectivity index (χ3n) is 6.88. The van der Waals surface area contributed by atoms with E-state index in [0.29, 0.717) is 36.8 Å². The zero-order chi connectivity index (χ0) is 19.3. The average molecular weight is 380 g/mol. The molecule has 6 nitrogen and oxygen atoms in total. The number of para-hydroxylation sites is 1. The number of carbonyl (C=O) groups is 1. The van der Waals surface area contributed by atoms with Crippen LogP contribution in [0.2, 0.25) is 0 Å². The van der Waals surface area contributed by atoms with Gasteiger partial charge in [0.15, 0.2) is 0 Å². The second-order valence-electron chi connectivity index (χ2n) is 8.53. The zero-order valence-electron chi connectivity index (χ0n) is 16.7. The molecule has 4 heterocycles. The van der Waals surface area contributed by atoms with Crippen LogP contribution >= 0.6 is 0 Å². The third-order valence-corrected chi connectivity index (χ3v) is 6.88. The molecule has 2 bridgehead atoms. The molecule has 1 aromatic heterocycles. The van der Waals surface area contributed by atoms with Crippen molar-refractivity contribution < 1.29 is 9.53 Å². The molecule has 3 atom stereocenters. The van der Waals surface area contributed by atoms with E-state index in [2.05, 4.69) is 34.9 Å². The summed E-state index contributed by atoms with van der Waals surface area (Å²) in [5, 5.41) is 1.13. The minimum Gasteiger partial charge on any atom is -0.466 e. The molecule has 6 rings (SSSR count). The normalized spacial score (nSPS) is 28.6. The van der Waals surface area contributed by atoms with Gasteiger partial charge in [-0.1, -0.05) is 12.1 Å². The van der Waals surface area contributed by atoms with Gasteiger partial charge in [-0.15, -0.1) is 0 Å². The molecule has 0 spiro atoms. The molecule has 3 unspecified atom stereocenters. The summed E-state index contributed by atoms with van der Waals surface area (Å²) in [5.74, 6) is 3.46. The number of benzene rings is 1. The summed E-state index contributed by atoms with van der Waals surface area (Å²) in [5.41, 5.74) is 1.02. The summed E-state index contributed by atoms with van der Waals surface area (Å²) in [4.78, 5) is 26.5. The van der Waals surface area contributed by atoms with Crippen LogP contribution in [0.1, 0.15) is 33.1 Å². The van der Waals surface area contributed by atoms with Crippen LogP contribution < -0.4 is 9.80 Å². The van der Waals surface area contributed by atoms with Crippen LogP contribution in [-0.4, -0.2) is 48.2 Å². The molecule has 3 saturated heterocycles. The number of hydrogen-bond donors (Lipinski definition) is 0. The number of anilines is 2. The van der Waals surface area contributed by atoms with E-state index in [1.807, 2.05) is 13.0 Å². The number of ether oxygens (including phenoxy) is 1. The Labute approximate surface area is 165 Å². The van der Waals surface area contributed by atoms with Crippen LogP contribution in [0.4, 0.5) is 11.8 Å². The number of esters is 1. The predicted octanol–water partition coefficient (Wildman–Crippen LogP) is 3.25. The van der Waals surface area contributed by atoms with Crippen molar-refractivity contribution in [2.45, 2.75) is 39.2 Å². The van der Waals surface area contributed by atoms with Crippen molar-refractivity contribution in [1.82, 2.24) is 9.97 Å². The molecule has 0 N–H and O–H groups in total. The summed E-state index contributed by atoms with van der Waals surface area (Å²) in [7, 11) is 0. The topological polar surface area (TPSA) is 58.6 Å². The molecule has 0 radical (unpaired) electrons. The van der Waals surface area contributed by atoms with Crippen molar-refractivity contribution in [2.75, 3.05) is 36.0 Å². The van der Waals surface area contributed by atoms with Crippen LogP contribution in [0.15, 0.2) is 24.3 Å². The molecule has 1 saturated carbocycles. The average Bonchev–Trinajstić information content (AvgIpc) is 2.70. The number of nitrogens with zero attached hydrogens (tertiary/aromatic N) is 4. The van der Waals surface area contributed by atoms with Crippen molar-refractivity contribution in [1.29, 1.82) is 0 Å². The van der Waals surface area contributed by atoms with Gasteiger partial charge in [-0.2, -0.15) is 4.98 Å². The minimum absolute atomic E-state index is 0.0443. The Morgan fingerprint density at radius 3 is 2.68 bits per heavy atom. The van der Waals surface area contributed by atoms with Gasteiger partial charge in [0, 0.05) is 37.5 Å². The Kier molecular flexibility index (Phi) is 4.37. The summed E-state index contributed by atoms with van der Waals surface area (Å²) in [6.07, 6.45) is 2.99. The fourth-order valence-corrected chi connectivity index (χ4v) is 5.14. The van der Waals surface area contributed by atoms with Crippen molar-refractivity contribution in [3.05, 3.63) is 24.3 Å². The highest BCUT2D eigenvalue weighted by molar-refractivity contribution is 5.90. The largest absolute Gasteiger partial charge is 0.466 e.